The zero-order valence-corrected chi connectivity index (χ0v) is 8.27. The Kier molecular flexibility index (Phi) is 6.21. The van der Waals surface area contributed by atoms with Crippen LogP contribution in [0.25, 0.3) is 0 Å². The molecule has 0 fully saturated rings. The average Bonchev–Trinajstić information content (AvgIpc) is 1.82. The number of rotatable bonds is 5. The largest absolute Gasteiger partial charge is 4.00 e. The molecule has 0 bridgehead atoms. The van der Waals surface area contributed by atoms with Crippen LogP contribution in [0.5, 0.6) is 0 Å². The topological polar surface area (TPSA) is 132 Å². The van der Waals surface area contributed by atoms with E-state index in [1.54, 1.807) is 0 Å². The number of aliphatic hydroxyl groups is 1. The van der Waals surface area contributed by atoms with Crippen molar-refractivity contribution < 1.29 is 53.4 Å². The van der Waals surface area contributed by atoms with Gasteiger partial charge in [-0.05, 0) is 0 Å². The van der Waals surface area contributed by atoms with Crippen molar-refractivity contribution in [1.29, 1.82) is 0 Å². The molecule has 0 aliphatic carbocycles. The first-order valence-corrected chi connectivity index (χ1v) is 3.17. The fourth-order valence-corrected chi connectivity index (χ4v) is 0.714. The third kappa shape index (κ3) is 4.85. The van der Waals surface area contributed by atoms with Gasteiger partial charge in [0.1, 0.15) is 0 Å². The maximum Gasteiger partial charge on any atom is 4.00 e. The molecular formula is C6H8O7V+4. The molecule has 75 valence electrons. The summed E-state index contributed by atoms with van der Waals surface area (Å²) in [6, 6.07) is 0. The molecule has 0 aliphatic heterocycles. The Bertz CT molecular complexity index is 233. The van der Waals surface area contributed by atoms with E-state index in [0.29, 0.717) is 0 Å². The SMILES string of the molecule is O=C(O)CC(O)(CC(=O)O)C(=O)O.[V+4]. The maximum absolute atomic E-state index is 10.3. The molecule has 0 heterocycles. The fourth-order valence-electron chi connectivity index (χ4n) is 0.714. The third-order valence-corrected chi connectivity index (χ3v) is 1.29. The number of hydrogen-bond donors (Lipinski definition) is 4. The molecule has 0 aliphatic rings. The van der Waals surface area contributed by atoms with Crippen LogP contribution in [0, 0.1) is 0 Å². The molecule has 0 rings (SSSR count). The van der Waals surface area contributed by atoms with Crippen molar-refractivity contribution in [1.82, 2.24) is 0 Å². The van der Waals surface area contributed by atoms with Crippen LogP contribution in [0.15, 0.2) is 0 Å². The number of carboxylic acids is 3. The minimum absolute atomic E-state index is 0. The second kappa shape index (κ2) is 5.64. The predicted molar refractivity (Wildman–Crippen MR) is 37.1 cm³/mol. The van der Waals surface area contributed by atoms with Crippen molar-refractivity contribution in [2.75, 3.05) is 0 Å². The molecular weight excluding hydrogens is 235 g/mol. The van der Waals surface area contributed by atoms with Crippen LogP contribution in [0.4, 0.5) is 0 Å². The Morgan fingerprint density at radius 2 is 1.21 bits per heavy atom. The molecule has 0 saturated carbocycles. The Labute approximate surface area is 90.2 Å². The Hall–Kier alpha value is -1.05. The van der Waals surface area contributed by atoms with Crippen LogP contribution in [0.3, 0.4) is 0 Å². The van der Waals surface area contributed by atoms with E-state index < -0.39 is 36.4 Å². The molecule has 0 saturated heterocycles. The van der Waals surface area contributed by atoms with Crippen LogP contribution < -0.4 is 0 Å². The second-order valence-corrected chi connectivity index (χ2v) is 2.48. The van der Waals surface area contributed by atoms with E-state index in [1.165, 1.54) is 0 Å². The van der Waals surface area contributed by atoms with E-state index in [9.17, 15) is 14.4 Å². The number of aliphatic carboxylic acids is 3. The van der Waals surface area contributed by atoms with Gasteiger partial charge in [0, 0.05) is 0 Å². The zero-order chi connectivity index (χ0) is 10.6. The van der Waals surface area contributed by atoms with Crippen LogP contribution >= 0.6 is 0 Å². The summed E-state index contributed by atoms with van der Waals surface area (Å²) >= 11 is 0. The van der Waals surface area contributed by atoms with Gasteiger partial charge in [0.05, 0.1) is 12.8 Å². The van der Waals surface area contributed by atoms with Crippen molar-refractivity contribution in [3.63, 3.8) is 0 Å². The smallest absolute Gasteiger partial charge is 0.481 e. The molecule has 0 aromatic heterocycles. The molecule has 7 nitrogen and oxygen atoms in total. The first kappa shape index (κ1) is 15.4. The average molecular weight is 243 g/mol. The number of carbonyl (C=O) groups is 3. The van der Waals surface area contributed by atoms with E-state index in [1.807, 2.05) is 0 Å². The standard InChI is InChI=1S/C6H8O7.V/c7-3(8)1-6(13,5(11)12)2-4(9)10;/h13H,1-2H2,(H,7,8)(H,9,10)(H,11,12);/q;+4. The summed E-state index contributed by atoms with van der Waals surface area (Å²) in [6.45, 7) is 0. The van der Waals surface area contributed by atoms with Crippen LogP contribution in [-0.4, -0.2) is 43.9 Å². The summed E-state index contributed by atoms with van der Waals surface area (Å²) in [4.78, 5) is 30.5. The zero-order valence-electron chi connectivity index (χ0n) is 6.88. The fraction of sp³-hybridized carbons (Fsp3) is 0.500. The Morgan fingerprint density at radius 3 is 1.36 bits per heavy atom. The molecule has 14 heavy (non-hydrogen) atoms. The number of carboxylic acid groups (broad SMARTS) is 3. The van der Waals surface area contributed by atoms with Crippen molar-refractivity contribution in [3.8, 4) is 0 Å². The molecule has 0 atom stereocenters. The summed E-state index contributed by atoms with van der Waals surface area (Å²) in [7, 11) is 0. The van der Waals surface area contributed by atoms with E-state index in [0.717, 1.165) is 0 Å². The second-order valence-electron chi connectivity index (χ2n) is 2.48. The minimum atomic E-state index is -2.74. The quantitative estimate of drug-likeness (QED) is 0.474. The molecule has 8 heteroatoms. The van der Waals surface area contributed by atoms with E-state index in [-0.39, 0.29) is 18.6 Å². The third-order valence-electron chi connectivity index (χ3n) is 1.29. The van der Waals surface area contributed by atoms with Crippen molar-refractivity contribution in [3.05, 3.63) is 0 Å². The van der Waals surface area contributed by atoms with Gasteiger partial charge in [0.2, 0.25) is 0 Å². The molecule has 0 aromatic rings. The maximum atomic E-state index is 10.3. The Balaban J connectivity index is 0. The molecule has 0 unspecified atom stereocenters. The minimum Gasteiger partial charge on any atom is -0.481 e. The van der Waals surface area contributed by atoms with Crippen LogP contribution in [0.2, 0.25) is 0 Å². The monoisotopic (exact) mass is 243 g/mol. The van der Waals surface area contributed by atoms with Gasteiger partial charge in [0.25, 0.3) is 0 Å². The van der Waals surface area contributed by atoms with E-state index in [4.69, 9.17) is 20.4 Å². The van der Waals surface area contributed by atoms with Gasteiger partial charge < -0.3 is 20.4 Å². The van der Waals surface area contributed by atoms with Crippen LogP contribution in [-0.2, 0) is 32.9 Å². The molecule has 0 spiro atoms. The Morgan fingerprint density at radius 1 is 0.929 bits per heavy atom. The van der Waals surface area contributed by atoms with Gasteiger partial charge in [-0.15, -0.1) is 0 Å². The summed E-state index contributed by atoms with van der Waals surface area (Å²) < 4.78 is 0. The molecule has 0 aromatic carbocycles. The summed E-state index contributed by atoms with van der Waals surface area (Å²) in [5.74, 6) is -5.02. The summed E-state index contributed by atoms with van der Waals surface area (Å²) in [6.07, 6.45) is -2.29. The molecule has 0 amide bonds. The van der Waals surface area contributed by atoms with Gasteiger partial charge in [-0.3, -0.25) is 9.59 Å². The van der Waals surface area contributed by atoms with Gasteiger partial charge in [0.15, 0.2) is 5.60 Å². The van der Waals surface area contributed by atoms with Crippen molar-refractivity contribution in [2.45, 2.75) is 18.4 Å². The first-order valence-electron chi connectivity index (χ1n) is 3.17. The van der Waals surface area contributed by atoms with Gasteiger partial charge in [-0.2, -0.15) is 0 Å². The van der Waals surface area contributed by atoms with Crippen molar-refractivity contribution in [2.24, 2.45) is 0 Å². The van der Waals surface area contributed by atoms with Gasteiger partial charge in [-0.25, -0.2) is 4.79 Å². The molecule has 4 N–H and O–H groups in total. The van der Waals surface area contributed by atoms with Gasteiger partial charge in [-0.1, -0.05) is 0 Å². The predicted octanol–water partition coefficient (Wildman–Crippen LogP) is -1.25. The van der Waals surface area contributed by atoms with Gasteiger partial charge >= 0.3 is 36.5 Å². The number of hydrogen-bond acceptors (Lipinski definition) is 4. The van der Waals surface area contributed by atoms with Crippen LogP contribution in [0.1, 0.15) is 12.8 Å². The first-order chi connectivity index (χ1) is 5.78. The molecule has 1 radical (unpaired) electrons. The van der Waals surface area contributed by atoms with Crippen molar-refractivity contribution >= 4 is 17.9 Å². The summed E-state index contributed by atoms with van der Waals surface area (Å²) in [5.41, 5.74) is -2.74. The summed E-state index contributed by atoms with van der Waals surface area (Å²) in [5, 5.41) is 33.8. The normalized spacial score (nSPS) is 10.1. The van der Waals surface area contributed by atoms with E-state index in [2.05, 4.69) is 0 Å². The van der Waals surface area contributed by atoms with E-state index >= 15 is 0 Å².